The van der Waals surface area contributed by atoms with Gasteiger partial charge in [-0.15, -0.1) is 35.3 Å². The fourth-order valence-electron chi connectivity index (χ4n) is 1.92. The van der Waals surface area contributed by atoms with E-state index in [9.17, 15) is 0 Å². The molecule has 1 aromatic heterocycles. The number of thiazole rings is 1. The van der Waals surface area contributed by atoms with E-state index in [-0.39, 0.29) is 24.0 Å². The molecule has 0 radical (unpaired) electrons. The van der Waals surface area contributed by atoms with Gasteiger partial charge in [0.15, 0.2) is 5.96 Å². The van der Waals surface area contributed by atoms with Gasteiger partial charge >= 0.3 is 0 Å². The summed E-state index contributed by atoms with van der Waals surface area (Å²) in [6.07, 6.45) is 0. The summed E-state index contributed by atoms with van der Waals surface area (Å²) in [7, 11) is 0. The van der Waals surface area contributed by atoms with Crippen molar-refractivity contribution in [1.82, 2.24) is 9.88 Å². The number of nitrogens with two attached hydrogens (primary N) is 1. The molecule has 114 valence electrons. The van der Waals surface area contributed by atoms with Gasteiger partial charge in [-0.1, -0.05) is 30.3 Å². The van der Waals surface area contributed by atoms with Gasteiger partial charge in [-0.2, -0.15) is 0 Å². The van der Waals surface area contributed by atoms with Crippen molar-refractivity contribution in [2.75, 3.05) is 13.1 Å². The summed E-state index contributed by atoms with van der Waals surface area (Å²) in [5, 5.41) is 3.05. The van der Waals surface area contributed by atoms with Gasteiger partial charge in [0.05, 0.1) is 12.2 Å². The first kappa shape index (κ1) is 17.9. The summed E-state index contributed by atoms with van der Waals surface area (Å²) in [5.74, 6) is 0.589. The summed E-state index contributed by atoms with van der Waals surface area (Å²) >= 11 is 1.62. The Morgan fingerprint density at radius 1 is 1.24 bits per heavy atom. The summed E-state index contributed by atoms with van der Waals surface area (Å²) in [5.41, 5.74) is 8.09. The molecule has 0 aliphatic rings. The first-order chi connectivity index (χ1) is 9.74. The molecular formula is C15H21IN4S. The number of aliphatic imine (C=N–C) groups is 1. The van der Waals surface area contributed by atoms with Crippen molar-refractivity contribution in [3.63, 3.8) is 0 Å². The summed E-state index contributed by atoms with van der Waals surface area (Å²) in [4.78, 5) is 11.0. The van der Waals surface area contributed by atoms with Crippen LogP contribution < -0.4 is 5.73 Å². The molecule has 2 rings (SSSR count). The maximum atomic E-state index is 5.96. The molecule has 1 aromatic carbocycles. The van der Waals surface area contributed by atoms with Crippen molar-refractivity contribution < 1.29 is 0 Å². The van der Waals surface area contributed by atoms with Crippen LogP contribution in [-0.2, 0) is 6.54 Å². The Morgan fingerprint density at radius 3 is 2.52 bits per heavy atom. The third-order valence-corrected chi connectivity index (χ3v) is 3.92. The van der Waals surface area contributed by atoms with E-state index in [1.54, 1.807) is 11.3 Å². The smallest absolute Gasteiger partial charge is 0.191 e. The van der Waals surface area contributed by atoms with Crippen molar-refractivity contribution in [1.29, 1.82) is 0 Å². The molecule has 0 aliphatic carbocycles. The van der Waals surface area contributed by atoms with E-state index in [1.165, 1.54) is 0 Å². The third-order valence-electron chi connectivity index (χ3n) is 3.09. The maximum Gasteiger partial charge on any atom is 0.191 e. The quantitative estimate of drug-likeness (QED) is 0.461. The van der Waals surface area contributed by atoms with Crippen LogP contribution in [0.3, 0.4) is 0 Å². The monoisotopic (exact) mass is 416 g/mol. The van der Waals surface area contributed by atoms with Crippen LogP contribution >= 0.6 is 35.3 Å². The lowest BCUT2D eigenvalue weighted by atomic mass is 10.2. The number of benzene rings is 1. The van der Waals surface area contributed by atoms with Crippen LogP contribution in [0.5, 0.6) is 0 Å². The second kappa shape index (κ2) is 8.99. The molecule has 0 aliphatic heterocycles. The lowest BCUT2D eigenvalue weighted by Crippen LogP contribution is -2.37. The van der Waals surface area contributed by atoms with Crippen LogP contribution in [0.4, 0.5) is 0 Å². The Hall–Kier alpha value is -1.15. The molecule has 0 unspecified atom stereocenters. The standard InChI is InChI=1S/C15H20N4S.HI/c1-3-19(4-2)15(16)17-10-14-18-13(11-20-14)12-8-6-5-7-9-12;/h5-9,11H,3-4,10H2,1-2H3,(H2,16,17);1H. The first-order valence-electron chi connectivity index (χ1n) is 6.79. The van der Waals surface area contributed by atoms with Crippen LogP contribution in [0.2, 0.25) is 0 Å². The van der Waals surface area contributed by atoms with E-state index in [1.807, 2.05) is 23.1 Å². The molecule has 21 heavy (non-hydrogen) atoms. The molecule has 0 saturated carbocycles. The molecule has 0 saturated heterocycles. The Bertz CT molecular complexity index is 564. The summed E-state index contributed by atoms with van der Waals surface area (Å²) in [6, 6.07) is 10.2. The summed E-state index contributed by atoms with van der Waals surface area (Å²) < 4.78 is 0. The molecule has 0 amide bonds. The van der Waals surface area contributed by atoms with Crippen LogP contribution in [-0.4, -0.2) is 28.9 Å². The van der Waals surface area contributed by atoms with Gasteiger partial charge in [-0.25, -0.2) is 9.98 Å². The van der Waals surface area contributed by atoms with Crippen LogP contribution in [0.25, 0.3) is 11.3 Å². The van der Waals surface area contributed by atoms with E-state index in [2.05, 4.69) is 41.3 Å². The highest BCUT2D eigenvalue weighted by Crippen LogP contribution is 2.21. The topological polar surface area (TPSA) is 54.5 Å². The van der Waals surface area contributed by atoms with Gasteiger partial charge in [0.2, 0.25) is 0 Å². The van der Waals surface area contributed by atoms with Crippen molar-refractivity contribution in [3.05, 3.63) is 40.7 Å². The van der Waals surface area contributed by atoms with E-state index in [0.717, 1.165) is 29.4 Å². The molecular weight excluding hydrogens is 395 g/mol. The molecule has 0 bridgehead atoms. The minimum Gasteiger partial charge on any atom is -0.370 e. The Morgan fingerprint density at radius 2 is 1.90 bits per heavy atom. The van der Waals surface area contributed by atoms with Gasteiger partial charge < -0.3 is 10.6 Å². The number of hydrogen-bond donors (Lipinski definition) is 1. The van der Waals surface area contributed by atoms with E-state index >= 15 is 0 Å². The lowest BCUT2D eigenvalue weighted by molar-refractivity contribution is 0.458. The van der Waals surface area contributed by atoms with Crippen molar-refractivity contribution in [2.24, 2.45) is 10.7 Å². The zero-order valence-corrected chi connectivity index (χ0v) is 15.5. The SMILES string of the molecule is CCN(CC)C(N)=NCc1nc(-c2ccccc2)cs1.I. The van der Waals surface area contributed by atoms with Gasteiger partial charge in [-0.3, -0.25) is 0 Å². The molecule has 0 spiro atoms. The van der Waals surface area contributed by atoms with E-state index < -0.39 is 0 Å². The van der Waals surface area contributed by atoms with Crippen LogP contribution in [0.1, 0.15) is 18.9 Å². The highest BCUT2D eigenvalue weighted by Gasteiger charge is 2.05. The lowest BCUT2D eigenvalue weighted by Gasteiger charge is -2.18. The minimum absolute atomic E-state index is 0. The van der Waals surface area contributed by atoms with Gasteiger partial charge in [0.25, 0.3) is 0 Å². The number of rotatable bonds is 5. The van der Waals surface area contributed by atoms with Crippen LogP contribution in [0.15, 0.2) is 40.7 Å². The molecule has 6 heteroatoms. The van der Waals surface area contributed by atoms with Crippen LogP contribution in [0, 0.1) is 0 Å². The second-order valence-corrected chi connectivity index (χ2v) is 5.28. The highest BCUT2D eigenvalue weighted by molar-refractivity contribution is 14.0. The van der Waals surface area contributed by atoms with Crippen molar-refractivity contribution >= 4 is 41.3 Å². The number of nitrogens with zero attached hydrogens (tertiary/aromatic N) is 3. The molecule has 0 atom stereocenters. The number of guanidine groups is 1. The zero-order chi connectivity index (χ0) is 14.4. The second-order valence-electron chi connectivity index (χ2n) is 4.34. The highest BCUT2D eigenvalue weighted by atomic mass is 127. The van der Waals surface area contributed by atoms with Gasteiger partial charge in [0.1, 0.15) is 5.01 Å². The Kier molecular flexibility index (Phi) is 7.66. The first-order valence-corrected chi connectivity index (χ1v) is 7.67. The number of aromatic nitrogens is 1. The predicted octanol–water partition coefficient (Wildman–Crippen LogP) is 3.58. The summed E-state index contributed by atoms with van der Waals surface area (Å²) in [6.45, 7) is 6.43. The van der Waals surface area contributed by atoms with Gasteiger partial charge in [0, 0.05) is 24.0 Å². The Labute approximate surface area is 147 Å². The fraction of sp³-hybridized carbons (Fsp3) is 0.333. The van der Waals surface area contributed by atoms with Crippen molar-refractivity contribution in [3.8, 4) is 11.3 Å². The van der Waals surface area contributed by atoms with E-state index in [4.69, 9.17) is 5.73 Å². The molecule has 2 aromatic rings. The zero-order valence-electron chi connectivity index (χ0n) is 12.3. The Balaban J connectivity index is 0.00000220. The normalized spacial score (nSPS) is 11.0. The molecule has 2 N–H and O–H groups in total. The number of halogens is 1. The van der Waals surface area contributed by atoms with Crippen molar-refractivity contribution in [2.45, 2.75) is 20.4 Å². The van der Waals surface area contributed by atoms with E-state index in [0.29, 0.717) is 12.5 Å². The fourth-order valence-corrected chi connectivity index (χ4v) is 2.65. The molecule has 0 fully saturated rings. The predicted molar refractivity (Wildman–Crippen MR) is 101 cm³/mol. The maximum absolute atomic E-state index is 5.96. The van der Waals surface area contributed by atoms with Gasteiger partial charge in [-0.05, 0) is 13.8 Å². The third kappa shape index (κ3) is 4.96. The average Bonchev–Trinajstić information content (AvgIpc) is 2.96. The minimum atomic E-state index is 0. The molecule has 1 heterocycles. The largest absolute Gasteiger partial charge is 0.370 e. The average molecular weight is 416 g/mol. The molecule has 4 nitrogen and oxygen atoms in total. The number of hydrogen-bond acceptors (Lipinski definition) is 3.